The molecule has 2 aromatic carbocycles. The number of hydrogen-bond donors (Lipinski definition) is 1. The maximum Gasteiger partial charge on any atom is 0.338 e. The fourth-order valence-corrected chi connectivity index (χ4v) is 4.58. The number of thioether (sulfide) groups is 1. The smallest absolute Gasteiger partial charge is 0.338 e. The van der Waals surface area contributed by atoms with Crippen molar-refractivity contribution in [3.8, 4) is 6.07 Å². The number of aliphatic imine (C=N–C) groups is 1. The van der Waals surface area contributed by atoms with Gasteiger partial charge in [0.2, 0.25) is 0 Å². The molecular formula is C24H24ClN3O3S. The molecule has 0 amide bonds. The summed E-state index contributed by atoms with van der Waals surface area (Å²) >= 11 is 7.75. The highest BCUT2D eigenvalue weighted by atomic mass is 35.5. The molecule has 8 heteroatoms. The topological polar surface area (TPSA) is 85.9 Å². The molecule has 0 aromatic heterocycles. The highest BCUT2D eigenvalue weighted by Crippen LogP contribution is 2.39. The first-order valence-corrected chi connectivity index (χ1v) is 11.6. The van der Waals surface area contributed by atoms with Gasteiger partial charge in [-0.25, -0.2) is 9.79 Å². The standard InChI is InChI=1S/C24H24ClN3O3S/c1-3-31-23(30)21-16(2)28(20-7-4-6-19(25)14-20)24(32-13-5-12-29)27-22(21)18-10-8-17(15-26)9-11-18/h4,6-11,14,22,29H,3,5,12-13H2,1-2H3. The third-order valence-electron chi connectivity index (χ3n) is 4.88. The average molecular weight is 470 g/mol. The first-order valence-electron chi connectivity index (χ1n) is 10.2. The maximum atomic E-state index is 13.0. The van der Waals surface area contributed by atoms with Gasteiger partial charge in [0.05, 0.1) is 23.8 Å². The van der Waals surface area contributed by atoms with Gasteiger partial charge < -0.3 is 9.84 Å². The highest BCUT2D eigenvalue weighted by molar-refractivity contribution is 8.14. The minimum Gasteiger partial charge on any atom is -0.463 e. The summed E-state index contributed by atoms with van der Waals surface area (Å²) in [6.07, 6.45) is 0.613. The van der Waals surface area contributed by atoms with Crippen LogP contribution in [-0.2, 0) is 9.53 Å². The molecule has 1 unspecified atom stereocenters. The summed E-state index contributed by atoms with van der Waals surface area (Å²) in [4.78, 5) is 19.9. The molecular weight excluding hydrogens is 446 g/mol. The Morgan fingerprint density at radius 1 is 1.31 bits per heavy atom. The van der Waals surface area contributed by atoms with E-state index < -0.39 is 12.0 Å². The van der Waals surface area contributed by atoms with Gasteiger partial charge in [0, 0.05) is 28.8 Å². The SMILES string of the molecule is CCOC(=O)C1=C(C)N(c2cccc(Cl)c2)C(SCCCO)=NC1c1ccc(C#N)cc1. The number of halogens is 1. The maximum absolute atomic E-state index is 13.0. The number of rotatable bonds is 7. The molecule has 0 bridgehead atoms. The first kappa shape index (κ1) is 23.9. The number of nitriles is 1. The zero-order valence-corrected chi connectivity index (χ0v) is 19.5. The van der Waals surface area contributed by atoms with Crippen molar-refractivity contribution in [2.45, 2.75) is 26.3 Å². The van der Waals surface area contributed by atoms with Gasteiger partial charge in [-0.05, 0) is 56.2 Å². The lowest BCUT2D eigenvalue weighted by atomic mass is 9.95. The van der Waals surface area contributed by atoms with Crippen molar-refractivity contribution in [1.82, 2.24) is 0 Å². The minimum atomic E-state index is -0.575. The molecule has 0 radical (unpaired) electrons. The summed E-state index contributed by atoms with van der Waals surface area (Å²) in [5, 5.41) is 19.6. The average Bonchev–Trinajstić information content (AvgIpc) is 2.79. The minimum absolute atomic E-state index is 0.0827. The second kappa shape index (κ2) is 11.2. The summed E-state index contributed by atoms with van der Waals surface area (Å²) in [6, 6.07) is 15.9. The van der Waals surface area contributed by atoms with Crippen molar-refractivity contribution >= 4 is 40.2 Å². The molecule has 1 atom stereocenters. The molecule has 1 aliphatic rings. The Balaban J connectivity index is 2.15. The molecule has 0 fully saturated rings. The van der Waals surface area contributed by atoms with E-state index >= 15 is 0 Å². The number of ether oxygens (including phenoxy) is 1. The van der Waals surface area contributed by atoms with E-state index in [9.17, 15) is 9.90 Å². The number of nitrogens with zero attached hydrogens (tertiary/aromatic N) is 3. The van der Waals surface area contributed by atoms with Crippen LogP contribution in [0.4, 0.5) is 5.69 Å². The van der Waals surface area contributed by atoms with Crippen LogP contribution >= 0.6 is 23.4 Å². The predicted octanol–water partition coefficient (Wildman–Crippen LogP) is 5.08. The monoisotopic (exact) mass is 469 g/mol. The van der Waals surface area contributed by atoms with E-state index in [0.29, 0.717) is 39.2 Å². The van der Waals surface area contributed by atoms with Crippen molar-refractivity contribution in [1.29, 1.82) is 5.26 Å². The van der Waals surface area contributed by atoms with E-state index in [2.05, 4.69) is 6.07 Å². The highest BCUT2D eigenvalue weighted by Gasteiger charge is 2.35. The van der Waals surface area contributed by atoms with Crippen LogP contribution in [0.25, 0.3) is 0 Å². The van der Waals surface area contributed by atoms with Gasteiger partial charge in [-0.1, -0.05) is 41.6 Å². The van der Waals surface area contributed by atoms with Gasteiger partial charge in [-0.3, -0.25) is 4.90 Å². The molecule has 0 saturated carbocycles. The summed E-state index contributed by atoms with van der Waals surface area (Å²) in [5.41, 5.74) is 3.23. The Bertz CT molecular complexity index is 1080. The second-order valence-electron chi connectivity index (χ2n) is 7.01. The van der Waals surface area contributed by atoms with Crippen LogP contribution in [-0.4, -0.2) is 35.2 Å². The van der Waals surface area contributed by atoms with E-state index in [1.807, 2.05) is 42.2 Å². The number of aliphatic hydroxyl groups is 1. The van der Waals surface area contributed by atoms with Crippen molar-refractivity contribution in [2.24, 2.45) is 4.99 Å². The number of aliphatic hydroxyl groups excluding tert-OH is 1. The van der Waals surface area contributed by atoms with Crippen molar-refractivity contribution < 1.29 is 14.6 Å². The van der Waals surface area contributed by atoms with Crippen molar-refractivity contribution in [2.75, 3.05) is 23.9 Å². The normalized spacial score (nSPS) is 15.9. The molecule has 2 aromatic rings. The predicted molar refractivity (Wildman–Crippen MR) is 129 cm³/mol. The fourth-order valence-electron chi connectivity index (χ4n) is 3.39. The van der Waals surface area contributed by atoms with Gasteiger partial charge in [0.25, 0.3) is 0 Å². The molecule has 1 N–H and O–H groups in total. The number of allylic oxidation sites excluding steroid dienone is 1. The lowest BCUT2D eigenvalue weighted by Gasteiger charge is -2.34. The molecule has 32 heavy (non-hydrogen) atoms. The first-order chi connectivity index (χ1) is 15.5. The Morgan fingerprint density at radius 2 is 2.06 bits per heavy atom. The van der Waals surface area contributed by atoms with Crippen LogP contribution in [0.5, 0.6) is 0 Å². The zero-order valence-electron chi connectivity index (χ0n) is 17.9. The largest absolute Gasteiger partial charge is 0.463 e. The molecule has 0 spiro atoms. The lowest BCUT2D eigenvalue weighted by molar-refractivity contribution is -0.138. The summed E-state index contributed by atoms with van der Waals surface area (Å²) in [7, 11) is 0. The van der Waals surface area contributed by atoms with Crippen LogP contribution in [0.2, 0.25) is 5.02 Å². The van der Waals surface area contributed by atoms with Gasteiger partial charge in [0.1, 0.15) is 6.04 Å². The van der Waals surface area contributed by atoms with Crippen molar-refractivity contribution in [3.05, 3.63) is 76.0 Å². The number of hydrogen-bond acceptors (Lipinski definition) is 7. The molecule has 6 nitrogen and oxygen atoms in total. The van der Waals surface area contributed by atoms with E-state index in [-0.39, 0.29) is 13.2 Å². The Kier molecular flexibility index (Phi) is 8.34. The van der Waals surface area contributed by atoms with Gasteiger partial charge >= 0.3 is 5.97 Å². The summed E-state index contributed by atoms with van der Waals surface area (Å²) < 4.78 is 5.38. The molecule has 1 heterocycles. The number of amidine groups is 1. The fraction of sp³-hybridized carbons (Fsp3) is 0.292. The zero-order chi connectivity index (χ0) is 23.1. The number of carbonyl (C=O) groups is 1. The van der Waals surface area contributed by atoms with Crippen LogP contribution in [0, 0.1) is 11.3 Å². The summed E-state index contributed by atoms with van der Waals surface area (Å²) in [5.74, 6) is 0.226. The van der Waals surface area contributed by atoms with Gasteiger partial charge in [-0.15, -0.1) is 0 Å². The van der Waals surface area contributed by atoms with Crippen LogP contribution in [0.15, 0.2) is 64.8 Å². The van der Waals surface area contributed by atoms with E-state index in [0.717, 1.165) is 11.3 Å². The molecule has 1 aliphatic heterocycles. The van der Waals surface area contributed by atoms with Crippen LogP contribution in [0.1, 0.15) is 37.4 Å². The quantitative estimate of drug-likeness (QED) is 0.449. The Morgan fingerprint density at radius 3 is 2.69 bits per heavy atom. The number of esters is 1. The second-order valence-corrected chi connectivity index (χ2v) is 8.51. The van der Waals surface area contributed by atoms with Crippen molar-refractivity contribution in [3.63, 3.8) is 0 Å². The number of benzene rings is 2. The van der Waals surface area contributed by atoms with Gasteiger partial charge in [-0.2, -0.15) is 5.26 Å². The van der Waals surface area contributed by atoms with E-state index in [4.69, 9.17) is 26.6 Å². The lowest BCUT2D eigenvalue weighted by Crippen LogP contribution is -2.35. The van der Waals surface area contributed by atoms with Crippen LogP contribution in [0.3, 0.4) is 0 Å². The molecule has 166 valence electrons. The number of carbonyl (C=O) groups excluding carboxylic acids is 1. The Hall–Kier alpha value is -2.79. The van der Waals surface area contributed by atoms with E-state index in [1.165, 1.54) is 11.8 Å². The third-order valence-corrected chi connectivity index (χ3v) is 6.15. The third kappa shape index (κ3) is 5.33. The van der Waals surface area contributed by atoms with E-state index in [1.54, 1.807) is 25.1 Å². The van der Waals surface area contributed by atoms with Gasteiger partial charge in [0.15, 0.2) is 5.17 Å². The van der Waals surface area contributed by atoms with Crippen LogP contribution < -0.4 is 4.90 Å². The molecule has 0 aliphatic carbocycles. The Labute approximate surface area is 197 Å². The number of anilines is 1. The summed E-state index contributed by atoms with van der Waals surface area (Å²) in [6.45, 7) is 3.96. The molecule has 3 rings (SSSR count). The molecule has 0 saturated heterocycles.